The summed E-state index contributed by atoms with van der Waals surface area (Å²) in [4.78, 5) is 22.9. The first kappa shape index (κ1) is 15.4. The van der Waals surface area contributed by atoms with E-state index in [9.17, 15) is 14.7 Å². The number of carbonyl (C=O) groups is 2. The molecule has 1 saturated heterocycles. The zero-order valence-electron chi connectivity index (χ0n) is 10.2. The normalized spacial score (nSPS) is 16.6. The van der Waals surface area contributed by atoms with Gasteiger partial charge in [0.05, 0.1) is 11.5 Å². The number of thioether (sulfide) groups is 1. The average Bonchev–Trinajstić information content (AvgIpc) is 2.70. The first-order valence-electron chi connectivity index (χ1n) is 5.52. The Balaban J connectivity index is 2.53. The number of carbonyl (C=O) groups excluding carboxylic acids is 2. The van der Waals surface area contributed by atoms with E-state index in [-0.39, 0.29) is 10.7 Å². The Morgan fingerprint density at radius 2 is 2.15 bits per heavy atom. The molecular weight excluding hydrogens is 414 g/mol. The topological polar surface area (TPSA) is 75.6 Å². The first-order valence-corrected chi connectivity index (χ1v) is 7.93. The Labute approximate surface area is 136 Å². The quantitative estimate of drug-likeness (QED) is 0.727. The summed E-state index contributed by atoms with van der Waals surface area (Å²) in [6.45, 7) is 2.19. The van der Waals surface area contributed by atoms with Gasteiger partial charge in [-0.15, -0.1) is 0 Å². The summed E-state index contributed by atoms with van der Waals surface area (Å²) in [7, 11) is 0. The first-order chi connectivity index (χ1) is 9.43. The highest BCUT2D eigenvalue weighted by Gasteiger charge is 2.26. The maximum Gasteiger partial charge on any atom is 0.290 e. The van der Waals surface area contributed by atoms with Crippen molar-refractivity contribution in [3.8, 4) is 11.5 Å². The minimum atomic E-state index is -0.482. The highest BCUT2D eigenvalue weighted by Crippen LogP contribution is 2.42. The number of imide groups is 1. The molecule has 0 spiro atoms. The Morgan fingerprint density at radius 3 is 2.70 bits per heavy atom. The van der Waals surface area contributed by atoms with Crippen molar-refractivity contribution in [3.63, 3.8) is 0 Å². The van der Waals surface area contributed by atoms with Gasteiger partial charge in [-0.05, 0) is 62.7 Å². The van der Waals surface area contributed by atoms with Crippen LogP contribution in [0.4, 0.5) is 4.79 Å². The van der Waals surface area contributed by atoms with Gasteiger partial charge in [0.2, 0.25) is 0 Å². The van der Waals surface area contributed by atoms with Crippen LogP contribution >= 0.6 is 43.6 Å². The molecule has 0 saturated carbocycles. The number of amides is 2. The molecule has 1 heterocycles. The maximum absolute atomic E-state index is 11.5. The van der Waals surface area contributed by atoms with Crippen LogP contribution in [0.25, 0.3) is 6.08 Å². The zero-order chi connectivity index (χ0) is 14.9. The number of ether oxygens (including phenoxy) is 1. The lowest BCUT2D eigenvalue weighted by Gasteiger charge is -2.11. The minimum Gasteiger partial charge on any atom is -0.504 e. The summed E-state index contributed by atoms with van der Waals surface area (Å²) in [5.74, 6) is -0.282. The van der Waals surface area contributed by atoms with Crippen LogP contribution in [0.1, 0.15) is 12.5 Å². The van der Waals surface area contributed by atoms with E-state index < -0.39 is 11.1 Å². The highest BCUT2D eigenvalue weighted by atomic mass is 79.9. The van der Waals surface area contributed by atoms with Crippen molar-refractivity contribution < 1.29 is 19.4 Å². The largest absolute Gasteiger partial charge is 0.504 e. The molecule has 106 valence electrons. The van der Waals surface area contributed by atoms with Crippen molar-refractivity contribution in [1.82, 2.24) is 5.32 Å². The summed E-state index contributed by atoms with van der Waals surface area (Å²) in [6.07, 6.45) is 1.44. The molecule has 20 heavy (non-hydrogen) atoms. The molecule has 1 fully saturated rings. The van der Waals surface area contributed by atoms with E-state index in [1.807, 2.05) is 0 Å². The van der Waals surface area contributed by atoms with E-state index in [4.69, 9.17) is 4.74 Å². The molecule has 2 rings (SSSR count). The van der Waals surface area contributed by atoms with Gasteiger partial charge in [0.25, 0.3) is 11.1 Å². The predicted octanol–water partition coefficient (Wildman–Crippen LogP) is 3.64. The molecule has 0 radical (unpaired) electrons. The Hall–Kier alpha value is -0.990. The van der Waals surface area contributed by atoms with Crippen LogP contribution in [-0.2, 0) is 4.79 Å². The van der Waals surface area contributed by atoms with Gasteiger partial charge in [-0.3, -0.25) is 14.9 Å². The molecule has 8 heteroatoms. The van der Waals surface area contributed by atoms with Crippen LogP contribution in [0, 0.1) is 0 Å². The van der Waals surface area contributed by atoms with Gasteiger partial charge in [-0.25, -0.2) is 0 Å². The molecule has 0 bridgehead atoms. The second-order valence-electron chi connectivity index (χ2n) is 3.72. The van der Waals surface area contributed by atoms with Crippen molar-refractivity contribution in [1.29, 1.82) is 0 Å². The average molecular weight is 423 g/mol. The lowest BCUT2D eigenvalue weighted by atomic mass is 10.1. The maximum atomic E-state index is 11.5. The van der Waals surface area contributed by atoms with E-state index in [0.717, 1.165) is 11.8 Å². The SMILES string of the molecule is CCOc1cc(Br)c(Br)c(/C=C2/SC(=O)NC2=O)c1O. The van der Waals surface area contributed by atoms with Gasteiger partial charge < -0.3 is 9.84 Å². The summed E-state index contributed by atoms with van der Waals surface area (Å²) in [5, 5.41) is 11.9. The number of aromatic hydroxyl groups is 1. The van der Waals surface area contributed by atoms with E-state index in [1.54, 1.807) is 13.0 Å². The summed E-state index contributed by atoms with van der Waals surface area (Å²) in [6, 6.07) is 1.62. The third-order valence-corrected chi connectivity index (χ3v) is 5.23. The number of hydrogen-bond acceptors (Lipinski definition) is 5. The molecular formula is C12H9Br2NO4S. The lowest BCUT2D eigenvalue weighted by Crippen LogP contribution is -2.17. The van der Waals surface area contributed by atoms with Crippen molar-refractivity contribution in [2.24, 2.45) is 0 Å². The monoisotopic (exact) mass is 421 g/mol. The second-order valence-corrected chi connectivity index (χ2v) is 6.38. The van der Waals surface area contributed by atoms with E-state index >= 15 is 0 Å². The van der Waals surface area contributed by atoms with Crippen LogP contribution in [-0.4, -0.2) is 22.9 Å². The molecule has 0 aromatic heterocycles. The summed E-state index contributed by atoms with van der Waals surface area (Å²) < 4.78 is 6.56. The van der Waals surface area contributed by atoms with Gasteiger partial charge in [-0.2, -0.15) is 0 Å². The Bertz CT molecular complexity index is 630. The zero-order valence-corrected chi connectivity index (χ0v) is 14.2. The minimum absolute atomic E-state index is 0.0952. The number of phenols is 1. The third kappa shape index (κ3) is 3.02. The second kappa shape index (κ2) is 6.19. The van der Waals surface area contributed by atoms with E-state index in [0.29, 0.717) is 26.9 Å². The van der Waals surface area contributed by atoms with Gasteiger partial charge in [0.1, 0.15) is 0 Å². The fourth-order valence-electron chi connectivity index (χ4n) is 1.56. The fourth-order valence-corrected chi connectivity index (χ4v) is 3.06. The summed E-state index contributed by atoms with van der Waals surface area (Å²) >= 11 is 7.45. The number of phenolic OH excluding ortho intramolecular Hbond substituents is 1. The van der Waals surface area contributed by atoms with Crippen molar-refractivity contribution in [2.75, 3.05) is 6.61 Å². The van der Waals surface area contributed by atoms with Crippen molar-refractivity contribution in [2.45, 2.75) is 6.92 Å². The number of benzene rings is 1. The van der Waals surface area contributed by atoms with Crippen LogP contribution in [0.5, 0.6) is 11.5 Å². The van der Waals surface area contributed by atoms with Crippen LogP contribution in [0.15, 0.2) is 19.9 Å². The molecule has 0 atom stereocenters. The molecule has 1 aromatic rings. The molecule has 0 aliphatic carbocycles. The van der Waals surface area contributed by atoms with E-state index in [1.165, 1.54) is 6.08 Å². The molecule has 1 aliphatic rings. The molecule has 2 N–H and O–H groups in total. The lowest BCUT2D eigenvalue weighted by molar-refractivity contribution is -0.115. The standard InChI is InChI=1S/C12H9Br2NO4S/c1-2-19-7-4-6(13)9(14)5(10(7)16)3-8-11(17)15-12(18)20-8/h3-4,16H,2H2,1H3,(H,15,17,18)/b8-3+. The van der Waals surface area contributed by atoms with Crippen LogP contribution in [0.3, 0.4) is 0 Å². The molecule has 5 nitrogen and oxygen atoms in total. The van der Waals surface area contributed by atoms with Crippen LogP contribution in [0.2, 0.25) is 0 Å². The Kier molecular flexibility index (Phi) is 4.77. The Morgan fingerprint density at radius 1 is 1.45 bits per heavy atom. The molecule has 2 amide bonds. The number of hydrogen-bond donors (Lipinski definition) is 2. The van der Waals surface area contributed by atoms with Crippen LogP contribution < -0.4 is 10.1 Å². The van der Waals surface area contributed by atoms with E-state index in [2.05, 4.69) is 37.2 Å². The smallest absolute Gasteiger partial charge is 0.290 e. The fraction of sp³-hybridized carbons (Fsp3) is 0.167. The molecule has 1 aromatic carbocycles. The summed E-state index contributed by atoms with van der Waals surface area (Å²) in [5.41, 5.74) is 0.371. The third-order valence-electron chi connectivity index (χ3n) is 2.41. The van der Waals surface area contributed by atoms with Crippen molar-refractivity contribution in [3.05, 3.63) is 25.5 Å². The molecule has 1 aliphatic heterocycles. The van der Waals surface area contributed by atoms with Gasteiger partial charge in [0.15, 0.2) is 11.5 Å². The van der Waals surface area contributed by atoms with Crippen molar-refractivity contribution >= 4 is 60.8 Å². The van der Waals surface area contributed by atoms with Gasteiger partial charge in [0, 0.05) is 14.5 Å². The number of halogens is 2. The van der Waals surface area contributed by atoms with Gasteiger partial charge in [-0.1, -0.05) is 0 Å². The predicted molar refractivity (Wildman–Crippen MR) is 83.8 cm³/mol. The number of nitrogens with one attached hydrogen (secondary N) is 1. The number of rotatable bonds is 3. The highest BCUT2D eigenvalue weighted by molar-refractivity contribution is 9.13. The van der Waals surface area contributed by atoms with Gasteiger partial charge >= 0.3 is 0 Å². The molecule has 0 unspecified atom stereocenters.